The Hall–Kier alpha value is -1.40. The number of ether oxygens (including phenoxy) is 1. The summed E-state index contributed by atoms with van der Waals surface area (Å²) in [6, 6.07) is 6.75. The Labute approximate surface area is 136 Å². The Morgan fingerprint density at radius 1 is 1.27 bits per heavy atom. The summed E-state index contributed by atoms with van der Waals surface area (Å²) in [5.41, 5.74) is 0.487. The van der Waals surface area contributed by atoms with Gasteiger partial charge < -0.3 is 9.22 Å². The minimum absolute atomic E-state index is 0.246. The minimum Gasteiger partial charge on any atom is -0.497 e. The van der Waals surface area contributed by atoms with E-state index in [2.05, 4.69) is 26.1 Å². The molecule has 0 aromatic heterocycles. The molecule has 6 heteroatoms. The van der Waals surface area contributed by atoms with E-state index in [0.717, 1.165) is 29.9 Å². The molecular weight excluding hydrogens is 300 g/mol. The zero-order valence-electron chi connectivity index (χ0n) is 13.7. The molecule has 1 unspecified atom stereocenters. The number of quaternary nitrogens is 1. The van der Waals surface area contributed by atoms with Crippen LogP contribution >= 0.6 is 11.8 Å². The average molecular weight is 325 g/mol. The standard InChI is InChI=1S/C16H25N2O3S/c1-5-18(3,6-2)11-12-22-16(17-20)15(19)13-7-9-14(21-4)10-8-13/h7-10,16H,5-6,11-12H2,1-4H3/q+1. The first-order valence-electron chi connectivity index (χ1n) is 7.45. The summed E-state index contributed by atoms with van der Waals surface area (Å²) in [5.74, 6) is 1.17. The van der Waals surface area contributed by atoms with Gasteiger partial charge in [0.2, 0.25) is 11.2 Å². The van der Waals surface area contributed by atoms with Crippen molar-refractivity contribution in [2.45, 2.75) is 19.2 Å². The van der Waals surface area contributed by atoms with Gasteiger partial charge in [-0.2, -0.15) is 0 Å². The molecule has 0 spiro atoms. The van der Waals surface area contributed by atoms with Gasteiger partial charge in [-0.1, -0.05) is 0 Å². The maximum Gasteiger partial charge on any atom is 0.201 e. The smallest absolute Gasteiger partial charge is 0.201 e. The van der Waals surface area contributed by atoms with E-state index in [-0.39, 0.29) is 5.78 Å². The molecule has 1 aromatic rings. The zero-order chi connectivity index (χ0) is 16.6. The third-order valence-corrected chi connectivity index (χ3v) is 5.16. The van der Waals surface area contributed by atoms with Crippen LogP contribution in [-0.4, -0.2) is 55.2 Å². The SMILES string of the molecule is CC[N+](C)(CC)CCSC(N=O)C(=O)c1ccc(OC)cc1. The number of nitroso groups, excluding NO2 is 1. The van der Waals surface area contributed by atoms with Crippen molar-refractivity contribution in [1.82, 2.24) is 0 Å². The lowest BCUT2D eigenvalue weighted by atomic mass is 10.1. The van der Waals surface area contributed by atoms with Crippen molar-refractivity contribution in [1.29, 1.82) is 0 Å². The van der Waals surface area contributed by atoms with Crippen LogP contribution in [0.5, 0.6) is 5.75 Å². The Balaban J connectivity index is 2.63. The quantitative estimate of drug-likeness (QED) is 0.377. The van der Waals surface area contributed by atoms with E-state index in [9.17, 15) is 9.70 Å². The van der Waals surface area contributed by atoms with E-state index in [1.165, 1.54) is 11.8 Å². The number of hydrogen-bond acceptors (Lipinski definition) is 5. The second-order valence-corrected chi connectivity index (χ2v) is 6.58. The number of ketones is 1. The predicted octanol–water partition coefficient (Wildman–Crippen LogP) is 3.19. The van der Waals surface area contributed by atoms with Gasteiger partial charge in [-0.25, -0.2) is 0 Å². The second-order valence-electron chi connectivity index (χ2n) is 5.40. The number of benzene rings is 1. The van der Waals surface area contributed by atoms with Crippen molar-refractivity contribution in [3.05, 3.63) is 34.7 Å². The molecule has 0 radical (unpaired) electrons. The van der Waals surface area contributed by atoms with Gasteiger partial charge in [-0.05, 0) is 43.3 Å². The van der Waals surface area contributed by atoms with Crippen molar-refractivity contribution in [2.75, 3.05) is 39.5 Å². The van der Waals surface area contributed by atoms with Crippen molar-refractivity contribution >= 4 is 17.5 Å². The van der Waals surface area contributed by atoms with Crippen LogP contribution in [0.15, 0.2) is 29.4 Å². The van der Waals surface area contributed by atoms with Gasteiger partial charge in [-0.15, -0.1) is 16.7 Å². The molecule has 0 fully saturated rings. The molecule has 0 bridgehead atoms. The fraction of sp³-hybridized carbons (Fsp3) is 0.562. The molecule has 0 aliphatic rings. The van der Waals surface area contributed by atoms with Crippen LogP contribution in [0.2, 0.25) is 0 Å². The number of rotatable bonds is 10. The van der Waals surface area contributed by atoms with Crippen molar-refractivity contribution < 1.29 is 14.0 Å². The topological polar surface area (TPSA) is 55.7 Å². The summed E-state index contributed by atoms with van der Waals surface area (Å²) < 4.78 is 5.98. The molecule has 0 saturated carbocycles. The summed E-state index contributed by atoms with van der Waals surface area (Å²) in [6.45, 7) is 7.27. The van der Waals surface area contributed by atoms with Gasteiger partial charge in [0.05, 0.1) is 33.8 Å². The summed E-state index contributed by atoms with van der Waals surface area (Å²) >= 11 is 1.32. The lowest BCUT2D eigenvalue weighted by molar-refractivity contribution is -0.903. The third-order valence-electron chi connectivity index (χ3n) is 4.13. The molecule has 22 heavy (non-hydrogen) atoms. The first kappa shape index (κ1) is 18.6. The molecule has 5 nitrogen and oxygen atoms in total. The Bertz CT molecular complexity index is 487. The van der Waals surface area contributed by atoms with Gasteiger partial charge >= 0.3 is 0 Å². The molecule has 1 atom stereocenters. The van der Waals surface area contributed by atoms with Crippen LogP contribution in [-0.2, 0) is 0 Å². The van der Waals surface area contributed by atoms with Crippen molar-refractivity contribution in [3.8, 4) is 5.75 Å². The molecule has 1 aromatic carbocycles. The molecule has 0 amide bonds. The molecule has 0 heterocycles. The van der Waals surface area contributed by atoms with Crippen LogP contribution in [0.3, 0.4) is 0 Å². The van der Waals surface area contributed by atoms with E-state index in [1.54, 1.807) is 31.4 Å². The van der Waals surface area contributed by atoms with Crippen LogP contribution in [0.1, 0.15) is 24.2 Å². The van der Waals surface area contributed by atoms with E-state index in [4.69, 9.17) is 4.74 Å². The lowest BCUT2D eigenvalue weighted by Crippen LogP contribution is -2.45. The molecule has 0 aliphatic carbocycles. The number of carbonyl (C=O) groups is 1. The number of thioether (sulfide) groups is 1. The number of carbonyl (C=O) groups excluding carboxylic acids is 1. The van der Waals surface area contributed by atoms with Crippen LogP contribution < -0.4 is 4.74 Å². The highest BCUT2D eigenvalue weighted by molar-refractivity contribution is 8.00. The van der Waals surface area contributed by atoms with Crippen molar-refractivity contribution in [3.63, 3.8) is 0 Å². The normalized spacial score (nSPS) is 12.7. The second kappa shape index (κ2) is 8.90. The fourth-order valence-corrected chi connectivity index (χ4v) is 3.09. The van der Waals surface area contributed by atoms with E-state index < -0.39 is 5.37 Å². The number of nitrogens with zero attached hydrogens (tertiary/aromatic N) is 2. The Morgan fingerprint density at radius 3 is 2.32 bits per heavy atom. The van der Waals surface area contributed by atoms with Crippen LogP contribution in [0, 0.1) is 4.91 Å². The number of Topliss-reactive ketones (excluding diaryl/α,β-unsaturated/α-hetero) is 1. The summed E-state index contributed by atoms with van der Waals surface area (Å²) in [4.78, 5) is 23.3. The molecule has 1 rings (SSSR count). The maximum atomic E-state index is 12.3. The molecule has 0 aliphatic heterocycles. The molecule has 0 N–H and O–H groups in total. The number of methoxy groups -OCH3 is 1. The average Bonchev–Trinajstić information content (AvgIpc) is 2.58. The minimum atomic E-state index is -0.879. The summed E-state index contributed by atoms with van der Waals surface area (Å²) in [5, 5.41) is 2.12. The fourth-order valence-electron chi connectivity index (χ4n) is 1.98. The summed E-state index contributed by atoms with van der Waals surface area (Å²) in [7, 11) is 3.74. The van der Waals surface area contributed by atoms with E-state index in [0.29, 0.717) is 11.3 Å². The Morgan fingerprint density at radius 2 is 1.86 bits per heavy atom. The van der Waals surface area contributed by atoms with Gasteiger partial charge in [0.15, 0.2) is 0 Å². The highest BCUT2D eigenvalue weighted by Crippen LogP contribution is 2.20. The predicted molar refractivity (Wildman–Crippen MR) is 91.5 cm³/mol. The van der Waals surface area contributed by atoms with Gasteiger partial charge in [0.1, 0.15) is 5.75 Å². The monoisotopic (exact) mass is 325 g/mol. The molecule has 0 saturated heterocycles. The number of hydrogen-bond donors (Lipinski definition) is 0. The third kappa shape index (κ3) is 5.10. The van der Waals surface area contributed by atoms with Crippen LogP contribution in [0.25, 0.3) is 0 Å². The highest BCUT2D eigenvalue weighted by atomic mass is 32.2. The molecule has 122 valence electrons. The van der Waals surface area contributed by atoms with Crippen LogP contribution in [0.4, 0.5) is 0 Å². The van der Waals surface area contributed by atoms with Gasteiger partial charge in [0, 0.05) is 11.3 Å². The molecular formula is C16H25N2O3S+. The first-order chi connectivity index (χ1) is 10.5. The summed E-state index contributed by atoms with van der Waals surface area (Å²) in [6.07, 6.45) is 0. The zero-order valence-corrected chi connectivity index (χ0v) is 14.6. The maximum absolute atomic E-state index is 12.3. The first-order valence-corrected chi connectivity index (χ1v) is 8.50. The van der Waals surface area contributed by atoms with E-state index >= 15 is 0 Å². The van der Waals surface area contributed by atoms with Gasteiger partial charge in [0.25, 0.3) is 0 Å². The highest BCUT2D eigenvalue weighted by Gasteiger charge is 2.23. The Kier molecular flexibility index (Phi) is 7.55. The lowest BCUT2D eigenvalue weighted by Gasteiger charge is -2.32. The van der Waals surface area contributed by atoms with Crippen molar-refractivity contribution in [2.24, 2.45) is 5.18 Å². The van der Waals surface area contributed by atoms with E-state index in [1.807, 2.05) is 0 Å². The largest absolute Gasteiger partial charge is 0.497 e. The van der Waals surface area contributed by atoms with Gasteiger partial charge in [-0.3, -0.25) is 4.79 Å².